The number of aryl methyl sites for hydroxylation is 1. The summed E-state index contributed by atoms with van der Waals surface area (Å²) in [6, 6.07) is 16.6. The van der Waals surface area contributed by atoms with Gasteiger partial charge < -0.3 is 9.52 Å². The molecule has 158 valence electrons. The predicted octanol–water partition coefficient (Wildman–Crippen LogP) is 4.94. The summed E-state index contributed by atoms with van der Waals surface area (Å²) in [6.45, 7) is 3.49. The van der Waals surface area contributed by atoms with Gasteiger partial charge >= 0.3 is 0 Å². The van der Waals surface area contributed by atoms with Crippen molar-refractivity contribution >= 4 is 0 Å². The zero-order chi connectivity index (χ0) is 21.4. The number of furan rings is 1. The summed E-state index contributed by atoms with van der Waals surface area (Å²) in [7, 11) is 0. The zero-order valence-electron chi connectivity index (χ0n) is 17.3. The molecule has 1 saturated heterocycles. The molecule has 2 unspecified atom stereocenters. The van der Waals surface area contributed by atoms with Gasteiger partial charge in [0.05, 0.1) is 24.6 Å². The number of aliphatic hydroxyl groups excluding tert-OH is 1. The fraction of sp³-hybridized carbons (Fsp3) is 0.240. The van der Waals surface area contributed by atoms with E-state index in [1.54, 1.807) is 18.4 Å². The Bertz CT molecular complexity index is 1170. The minimum Gasteiger partial charge on any atom is -0.463 e. The van der Waals surface area contributed by atoms with E-state index in [-0.39, 0.29) is 18.0 Å². The number of hydrogen-bond donors (Lipinski definition) is 2. The standard InChI is InChI=1S/C25H24FN3O2/c1-16-13-18(17-4-7-19(26)8-5-17)6-9-21(16)25(29-11-10-20(30)15-29)22-14-27-28-24(22)23-3-2-12-31-23/h2-9,12-14,20,25,30H,10-11,15H2,1H3,(H,27,28). The highest BCUT2D eigenvalue weighted by molar-refractivity contribution is 5.66. The number of aromatic amines is 1. The number of H-pyrrole nitrogens is 1. The smallest absolute Gasteiger partial charge is 0.151 e. The normalized spacial score (nSPS) is 17.8. The maximum Gasteiger partial charge on any atom is 0.151 e. The first-order chi connectivity index (χ1) is 15.1. The largest absolute Gasteiger partial charge is 0.463 e. The first kappa shape index (κ1) is 19.7. The van der Waals surface area contributed by atoms with Crippen molar-refractivity contribution in [2.75, 3.05) is 13.1 Å². The molecule has 5 rings (SSSR count). The fourth-order valence-corrected chi connectivity index (χ4v) is 4.49. The number of rotatable bonds is 5. The molecule has 0 saturated carbocycles. The summed E-state index contributed by atoms with van der Waals surface area (Å²) in [6.07, 6.45) is 3.91. The first-order valence-electron chi connectivity index (χ1n) is 10.5. The topological polar surface area (TPSA) is 65.3 Å². The molecule has 0 radical (unpaired) electrons. The maximum atomic E-state index is 13.3. The molecule has 2 aromatic heterocycles. The van der Waals surface area contributed by atoms with Gasteiger partial charge in [-0.25, -0.2) is 4.39 Å². The number of β-amino-alcohol motifs (C(OH)–C–C–N with tert-alkyl or cyclic N) is 1. The van der Waals surface area contributed by atoms with Crippen LogP contribution in [-0.2, 0) is 0 Å². The minimum atomic E-state index is -0.333. The van der Waals surface area contributed by atoms with E-state index in [4.69, 9.17) is 4.42 Å². The van der Waals surface area contributed by atoms with E-state index >= 15 is 0 Å². The lowest BCUT2D eigenvalue weighted by Crippen LogP contribution is -2.29. The number of aromatic nitrogens is 2. The lowest BCUT2D eigenvalue weighted by atomic mass is 9.91. The number of nitrogens with one attached hydrogen (secondary N) is 1. The summed E-state index contributed by atoms with van der Waals surface area (Å²) in [5, 5.41) is 17.6. The lowest BCUT2D eigenvalue weighted by Gasteiger charge is -2.29. The molecule has 31 heavy (non-hydrogen) atoms. The Morgan fingerprint density at radius 1 is 1.13 bits per heavy atom. The van der Waals surface area contributed by atoms with Crippen LogP contribution in [0.3, 0.4) is 0 Å². The van der Waals surface area contributed by atoms with Gasteiger partial charge in [0.25, 0.3) is 0 Å². The Labute approximate surface area is 180 Å². The van der Waals surface area contributed by atoms with Gasteiger partial charge in [0.15, 0.2) is 5.76 Å². The summed E-state index contributed by atoms with van der Waals surface area (Å²) >= 11 is 0. The van der Waals surface area contributed by atoms with Crippen LogP contribution in [0.5, 0.6) is 0 Å². The Morgan fingerprint density at radius 2 is 1.94 bits per heavy atom. The van der Waals surface area contributed by atoms with E-state index in [0.29, 0.717) is 6.54 Å². The second-order valence-electron chi connectivity index (χ2n) is 8.10. The van der Waals surface area contributed by atoms with Gasteiger partial charge in [0.1, 0.15) is 11.5 Å². The summed E-state index contributed by atoms with van der Waals surface area (Å²) in [5.74, 6) is 0.494. The van der Waals surface area contributed by atoms with Crippen molar-refractivity contribution in [3.8, 4) is 22.6 Å². The van der Waals surface area contributed by atoms with Gasteiger partial charge in [-0.15, -0.1) is 0 Å². The van der Waals surface area contributed by atoms with Gasteiger partial charge in [0.2, 0.25) is 0 Å². The second-order valence-corrected chi connectivity index (χ2v) is 8.10. The van der Waals surface area contributed by atoms with Crippen molar-refractivity contribution in [1.29, 1.82) is 0 Å². The number of likely N-dealkylation sites (tertiary alicyclic amines) is 1. The highest BCUT2D eigenvalue weighted by Crippen LogP contribution is 2.38. The van der Waals surface area contributed by atoms with Crippen LogP contribution in [0.1, 0.15) is 29.2 Å². The summed E-state index contributed by atoms with van der Waals surface area (Å²) in [4.78, 5) is 2.29. The highest BCUT2D eigenvalue weighted by Gasteiger charge is 2.33. The Morgan fingerprint density at radius 3 is 2.61 bits per heavy atom. The van der Waals surface area contributed by atoms with Gasteiger partial charge in [-0.05, 0) is 59.9 Å². The molecule has 1 fully saturated rings. The molecule has 6 heteroatoms. The number of halogens is 1. The third kappa shape index (κ3) is 3.80. The van der Waals surface area contributed by atoms with Crippen LogP contribution < -0.4 is 0 Å². The monoisotopic (exact) mass is 417 g/mol. The molecule has 4 aromatic rings. The van der Waals surface area contributed by atoms with E-state index in [1.165, 1.54) is 12.1 Å². The number of aliphatic hydroxyl groups is 1. The molecule has 2 atom stereocenters. The zero-order valence-corrected chi connectivity index (χ0v) is 17.3. The fourth-order valence-electron chi connectivity index (χ4n) is 4.49. The van der Waals surface area contributed by atoms with Crippen molar-refractivity contribution in [2.45, 2.75) is 25.5 Å². The van der Waals surface area contributed by atoms with Gasteiger partial charge in [-0.3, -0.25) is 10.00 Å². The molecule has 2 aromatic carbocycles. The Hall–Kier alpha value is -3.22. The average Bonchev–Trinajstić information content (AvgIpc) is 3.52. The average molecular weight is 417 g/mol. The maximum absolute atomic E-state index is 13.3. The number of nitrogens with zero attached hydrogens (tertiary/aromatic N) is 2. The van der Waals surface area contributed by atoms with E-state index in [2.05, 4.69) is 40.2 Å². The molecule has 0 bridgehead atoms. The van der Waals surface area contributed by atoms with Crippen LogP contribution in [-0.4, -0.2) is 39.4 Å². The predicted molar refractivity (Wildman–Crippen MR) is 117 cm³/mol. The van der Waals surface area contributed by atoms with Crippen LogP contribution in [0.2, 0.25) is 0 Å². The Balaban J connectivity index is 1.58. The van der Waals surface area contributed by atoms with Crippen LogP contribution in [0, 0.1) is 12.7 Å². The summed E-state index contributed by atoms with van der Waals surface area (Å²) < 4.78 is 19.0. The minimum absolute atomic E-state index is 0.0710. The SMILES string of the molecule is Cc1cc(-c2ccc(F)cc2)ccc1C(c1cn[nH]c1-c1ccco1)N1CCC(O)C1. The van der Waals surface area contributed by atoms with E-state index in [9.17, 15) is 9.50 Å². The van der Waals surface area contributed by atoms with Gasteiger partial charge in [-0.1, -0.05) is 30.3 Å². The molecule has 3 heterocycles. The number of hydrogen-bond acceptors (Lipinski definition) is 4. The van der Waals surface area contributed by atoms with Gasteiger partial charge in [0, 0.05) is 18.7 Å². The third-order valence-corrected chi connectivity index (χ3v) is 6.03. The molecule has 0 amide bonds. The summed E-state index contributed by atoms with van der Waals surface area (Å²) in [5.41, 5.74) is 6.15. The second kappa shape index (κ2) is 8.13. The molecular formula is C25H24FN3O2. The van der Waals surface area contributed by atoms with Crippen molar-refractivity contribution in [3.05, 3.63) is 89.6 Å². The van der Waals surface area contributed by atoms with Crippen LogP contribution in [0.15, 0.2) is 71.5 Å². The first-order valence-corrected chi connectivity index (χ1v) is 10.5. The highest BCUT2D eigenvalue weighted by atomic mass is 19.1. The van der Waals surface area contributed by atoms with Crippen LogP contribution in [0.4, 0.5) is 4.39 Å². The quantitative estimate of drug-likeness (QED) is 0.483. The lowest BCUT2D eigenvalue weighted by molar-refractivity contribution is 0.167. The molecule has 0 spiro atoms. The molecule has 1 aliphatic rings. The molecular weight excluding hydrogens is 393 g/mol. The third-order valence-electron chi connectivity index (χ3n) is 6.03. The molecule has 2 N–H and O–H groups in total. The van der Waals surface area contributed by atoms with Crippen LogP contribution in [0.25, 0.3) is 22.6 Å². The van der Waals surface area contributed by atoms with Crippen molar-refractivity contribution < 1.29 is 13.9 Å². The molecule has 0 aliphatic carbocycles. The van der Waals surface area contributed by atoms with Gasteiger partial charge in [-0.2, -0.15) is 5.10 Å². The Kier molecular flexibility index (Phi) is 5.18. The molecule has 1 aliphatic heterocycles. The van der Waals surface area contributed by atoms with E-state index in [1.807, 2.05) is 18.3 Å². The van der Waals surface area contributed by atoms with Crippen molar-refractivity contribution in [1.82, 2.24) is 15.1 Å². The van der Waals surface area contributed by atoms with Crippen LogP contribution >= 0.6 is 0 Å². The molecule has 5 nitrogen and oxygen atoms in total. The van der Waals surface area contributed by atoms with E-state index < -0.39 is 0 Å². The van der Waals surface area contributed by atoms with Crippen molar-refractivity contribution in [2.24, 2.45) is 0 Å². The van der Waals surface area contributed by atoms with E-state index in [0.717, 1.165) is 52.2 Å². The number of benzene rings is 2. The van der Waals surface area contributed by atoms with Crippen molar-refractivity contribution in [3.63, 3.8) is 0 Å².